The van der Waals surface area contributed by atoms with E-state index in [1.807, 2.05) is 0 Å². The Morgan fingerprint density at radius 2 is 0.458 bits per heavy atom. The molecular formula is C36H74Na2O8P2. The maximum Gasteiger partial charge on any atom is 1.00 e. The number of phosphoric ester groups is 2. The SMILES string of the molecule is CCCCCCCCCCCCCCCCOP(=O)([O-])OCCCCOP(=O)([O-])OCCCCCCCCCCCCCCCC.[Na+].[Na+]. The second-order valence-corrected chi connectivity index (χ2v) is 15.9. The van der Waals surface area contributed by atoms with Gasteiger partial charge in [-0.2, -0.15) is 0 Å². The molecular weight excluding hydrogens is 668 g/mol. The van der Waals surface area contributed by atoms with E-state index in [0.717, 1.165) is 25.7 Å². The normalized spacial score (nSPS) is 13.8. The molecule has 0 aliphatic heterocycles. The topological polar surface area (TPSA) is 117 Å². The molecule has 2 atom stereocenters. The molecule has 0 aliphatic rings. The summed E-state index contributed by atoms with van der Waals surface area (Å²) in [6.07, 6.45) is 35.3. The van der Waals surface area contributed by atoms with Crippen molar-refractivity contribution in [3.63, 3.8) is 0 Å². The van der Waals surface area contributed by atoms with E-state index in [1.165, 1.54) is 141 Å². The van der Waals surface area contributed by atoms with Gasteiger partial charge in [0.15, 0.2) is 0 Å². The molecule has 0 heterocycles. The predicted octanol–water partition coefficient (Wildman–Crippen LogP) is 5.74. The van der Waals surface area contributed by atoms with Gasteiger partial charge >= 0.3 is 59.1 Å². The first-order valence-corrected chi connectivity index (χ1v) is 22.5. The van der Waals surface area contributed by atoms with Gasteiger partial charge in [-0.15, -0.1) is 0 Å². The van der Waals surface area contributed by atoms with Gasteiger partial charge in [0.2, 0.25) is 0 Å². The summed E-state index contributed by atoms with van der Waals surface area (Å²) < 4.78 is 43.5. The molecule has 0 fully saturated rings. The van der Waals surface area contributed by atoms with Gasteiger partial charge in [-0.3, -0.25) is 9.13 Å². The van der Waals surface area contributed by atoms with Crippen molar-refractivity contribution in [1.82, 2.24) is 0 Å². The molecule has 0 aliphatic carbocycles. The van der Waals surface area contributed by atoms with Crippen LogP contribution in [-0.2, 0) is 27.2 Å². The average Bonchev–Trinajstić information content (AvgIpc) is 3.02. The largest absolute Gasteiger partial charge is 1.00 e. The fourth-order valence-corrected chi connectivity index (χ4v) is 7.14. The zero-order chi connectivity index (χ0) is 33.9. The Morgan fingerprint density at radius 1 is 0.312 bits per heavy atom. The number of hydrogen-bond donors (Lipinski definition) is 0. The fourth-order valence-electron chi connectivity index (χ4n) is 5.58. The Labute approximate surface area is 341 Å². The number of rotatable bonds is 39. The predicted molar refractivity (Wildman–Crippen MR) is 189 cm³/mol. The minimum absolute atomic E-state index is 0. The molecule has 0 spiro atoms. The van der Waals surface area contributed by atoms with Crippen molar-refractivity contribution in [2.45, 2.75) is 206 Å². The van der Waals surface area contributed by atoms with E-state index in [1.54, 1.807) is 0 Å². The summed E-state index contributed by atoms with van der Waals surface area (Å²) in [5, 5.41) is 0. The van der Waals surface area contributed by atoms with Crippen molar-refractivity contribution < 1.29 is 96.1 Å². The van der Waals surface area contributed by atoms with E-state index in [-0.39, 0.29) is 85.5 Å². The van der Waals surface area contributed by atoms with Crippen LogP contribution in [0, 0.1) is 0 Å². The maximum absolute atomic E-state index is 11.9. The molecule has 0 saturated carbocycles. The Hall–Kier alpha value is 2.22. The van der Waals surface area contributed by atoms with Crippen LogP contribution in [0.3, 0.4) is 0 Å². The molecule has 0 saturated heterocycles. The monoisotopic (exact) mass is 742 g/mol. The third-order valence-electron chi connectivity index (χ3n) is 8.53. The molecule has 8 nitrogen and oxygen atoms in total. The summed E-state index contributed by atoms with van der Waals surface area (Å²) in [5.41, 5.74) is 0. The van der Waals surface area contributed by atoms with Crippen LogP contribution in [0.1, 0.15) is 206 Å². The number of unbranched alkanes of at least 4 members (excludes halogenated alkanes) is 27. The van der Waals surface area contributed by atoms with E-state index < -0.39 is 15.6 Å². The van der Waals surface area contributed by atoms with Crippen molar-refractivity contribution in [1.29, 1.82) is 0 Å². The Kier molecular flexibility index (Phi) is 47.7. The van der Waals surface area contributed by atoms with Gasteiger partial charge in [0.05, 0.1) is 26.4 Å². The van der Waals surface area contributed by atoms with Crippen molar-refractivity contribution in [3.05, 3.63) is 0 Å². The minimum Gasteiger partial charge on any atom is -0.756 e. The van der Waals surface area contributed by atoms with Gasteiger partial charge in [0.25, 0.3) is 15.6 Å². The molecule has 48 heavy (non-hydrogen) atoms. The Balaban J connectivity index is -0.0000101. The first-order chi connectivity index (χ1) is 22.3. The standard InChI is InChI=1S/C36H76O8P2.2Na/c1-3-5-7-9-11-13-15-17-19-21-23-25-27-29-33-41-45(37,38)43-35-31-32-36-44-46(39,40)42-34-30-28-26-24-22-20-18-16-14-12-10-8-6-4-2;;/h3-36H2,1-2H3,(H,37,38)(H,39,40);;/q;2*+1/p-2. The molecule has 0 radical (unpaired) electrons. The minimum atomic E-state index is -4.33. The van der Waals surface area contributed by atoms with E-state index in [9.17, 15) is 18.9 Å². The maximum atomic E-state index is 11.9. The molecule has 0 aromatic carbocycles. The number of hydrogen-bond acceptors (Lipinski definition) is 8. The van der Waals surface area contributed by atoms with Gasteiger partial charge < -0.3 is 27.9 Å². The Morgan fingerprint density at radius 3 is 0.646 bits per heavy atom. The van der Waals surface area contributed by atoms with Crippen molar-refractivity contribution in [3.8, 4) is 0 Å². The summed E-state index contributed by atoms with van der Waals surface area (Å²) in [4.78, 5) is 23.8. The van der Waals surface area contributed by atoms with Crippen LogP contribution in [0.4, 0.5) is 0 Å². The van der Waals surface area contributed by atoms with Crippen molar-refractivity contribution >= 4 is 15.6 Å². The molecule has 0 amide bonds. The van der Waals surface area contributed by atoms with Crippen molar-refractivity contribution in [2.75, 3.05) is 26.4 Å². The van der Waals surface area contributed by atoms with Crippen LogP contribution < -0.4 is 68.9 Å². The zero-order valence-electron chi connectivity index (χ0n) is 32.2. The third kappa shape index (κ3) is 44.4. The van der Waals surface area contributed by atoms with Crippen LogP contribution >= 0.6 is 15.6 Å². The Bertz CT molecular complexity index is 663. The first kappa shape index (κ1) is 54.6. The van der Waals surface area contributed by atoms with Crippen LogP contribution in [-0.4, -0.2) is 26.4 Å². The molecule has 0 aromatic rings. The zero-order valence-corrected chi connectivity index (χ0v) is 38.0. The summed E-state index contributed by atoms with van der Waals surface area (Å²) >= 11 is 0. The molecule has 0 rings (SSSR count). The smallest absolute Gasteiger partial charge is 0.756 e. The fraction of sp³-hybridized carbons (Fsp3) is 1.00. The molecule has 0 N–H and O–H groups in total. The van der Waals surface area contributed by atoms with Gasteiger partial charge in [0, 0.05) is 0 Å². The van der Waals surface area contributed by atoms with Crippen LogP contribution in [0.2, 0.25) is 0 Å². The average molecular weight is 743 g/mol. The molecule has 0 aromatic heterocycles. The summed E-state index contributed by atoms with van der Waals surface area (Å²) in [5.74, 6) is 0. The molecule has 12 heteroatoms. The van der Waals surface area contributed by atoms with Gasteiger partial charge in [-0.05, 0) is 25.7 Å². The van der Waals surface area contributed by atoms with E-state index in [0.29, 0.717) is 25.7 Å². The van der Waals surface area contributed by atoms with Crippen LogP contribution in [0.15, 0.2) is 0 Å². The summed E-state index contributed by atoms with van der Waals surface area (Å²) in [7, 11) is -8.67. The van der Waals surface area contributed by atoms with Crippen molar-refractivity contribution in [2.24, 2.45) is 0 Å². The van der Waals surface area contributed by atoms with Gasteiger partial charge in [-0.25, -0.2) is 0 Å². The van der Waals surface area contributed by atoms with Gasteiger partial charge in [-0.1, -0.05) is 181 Å². The first-order valence-electron chi connectivity index (χ1n) is 19.5. The second kappa shape index (κ2) is 42.0. The van der Waals surface area contributed by atoms with Crippen LogP contribution in [0.5, 0.6) is 0 Å². The van der Waals surface area contributed by atoms with Gasteiger partial charge in [0.1, 0.15) is 0 Å². The van der Waals surface area contributed by atoms with E-state index >= 15 is 0 Å². The summed E-state index contributed by atoms with van der Waals surface area (Å²) in [6, 6.07) is 0. The molecule has 0 bridgehead atoms. The van der Waals surface area contributed by atoms with Crippen LogP contribution in [0.25, 0.3) is 0 Å². The quantitative estimate of drug-likeness (QED) is 0.0445. The summed E-state index contributed by atoms with van der Waals surface area (Å²) in [6.45, 7) is 4.65. The molecule has 278 valence electrons. The third-order valence-corrected chi connectivity index (χ3v) is 10.5. The van der Waals surface area contributed by atoms with E-state index in [2.05, 4.69) is 13.8 Å². The van der Waals surface area contributed by atoms with E-state index in [4.69, 9.17) is 18.1 Å². The second-order valence-electron chi connectivity index (χ2n) is 13.1. The number of phosphoric acid groups is 2. The molecule has 2 unspecified atom stereocenters.